The normalized spacial score (nSPS) is 11.6. The molecule has 0 aliphatic carbocycles. The van der Waals surface area contributed by atoms with Gasteiger partial charge in [0, 0.05) is 16.5 Å². The van der Waals surface area contributed by atoms with Crippen LogP contribution in [0.15, 0.2) is 59.4 Å². The number of rotatable bonds is 4. The van der Waals surface area contributed by atoms with Crippen LogP contribution in [-0.4, -0.2) is 18.5 Å². The van der Waals surface area contributed by atoms with Crippen molar-refractivity contribution in [2.75, 3.05) is 7.11 Å². The molecule has 0 unspecified atom stereocenters. The van der Waals surface area contributed by atoms with Crippen LogP contribution in [0.25, 0.3) is 21.8 Å². The molecule has 30 heavy (non-hydrogen) atoms. The van der Waals surface area contributed by atoms with Crippen molar-refractivity contribution in [3.05, 3.63) is 69.8 Å². The van der Waals surface area contributed by atoms with Gasteiger partial charge in [-0.2, -0.15) is 0 Å². The molecule has 0 bridgehead atoms. The Morgan fingerprint density at radius 3 is 2.23 bits per heavy atom. The van der Waals surface area contributed by atoms with Gasteiger partial charge in [0.1, 0.15) is 23.0 Å². The average Bonchev–Trinajstić information content (AvgIpc) is 2.67. The van der Waals surface area contributed by atoms with Gasteiger partial charge in [-0.1, -0.05) is 11.6 Å². The highest BCUT2D eigenvalue weighted by molar-refractivity contribution is 6.31. The lowest BCUT2D eigenvalue weighted by molar-refractivity contribution is -0.274. The van der Waals surface area contributed by atoms with E-state index in [0.29, 0.717) is 44.1 Å². The van der Waals surface area contributed by atoms with Crippen molar-refractivity contribution in [2.45, 2.75) is 6.36 Å². The van der Waals surface area contributed by atoms with Crippen LogP contribution in [0.5, 0.6) is 23.0 Å². The van der Waals surface area contributed by atoms with E-state index in [1.807, 2.05) is 0 Å². The molecule has 0 aliphatic rings. The fourth-order valence-electron chi connectivity index (χ4n) is 3.09. The SMILES string of the molecule is COc1cc(Cl)cc2[nH]c3cc(Oc4ccc(OC(F)(F)F)cc4)ccc3c(=O)c12. The second-order valence-electron chi connectivity index (χ2n) is 6.31. The molecular formula is C21H13ClF3NO4. The minimum absolute atomic E-state index is 0.229. The summed E-state index contributed by atoms with van der Waals surface area (Å²) in [6.45, 7) is 0. The van der Waals surface area contributed by atoms with Crippen LogP contribution in [0.2, 0.25) is 5.02 Å². The number of ether oxygens (including phenoxy) is 3. The Kier molecular flexibility index (Phi) is 4.95. The van der Waals surface area contributed by atoms with Crippen LogP contribution in [0, 0.1) is 0 Å². The number of aromatic amines is 1. The highest BCUT2D eigenvalue weighted by atomic mass is 35.5. The van der Waals surface area contributed by atoms with Crippen molar-refractivity contribution < 1.29 is 27.4 Å². The Hall–Kier alpha value is -3.39. The number of hydrogen-bond donors (Lipinski definition) is 1. The molecule has 1 heterocycles. The van der Waals surface area contributed by atoms with Crippen LogP contribution in [0.4, 0.5) is 13.2 Å². The second kappa shape index (κ2) is 7.46. The lowest BCUT2D eigenvalue weighted by Gasteiger charge is -2.11. The second-order valence-corrected chi connectivity index (χ2v) is 6.75. The smallest absolute Gasteiger partial charge is 0.496 e. The molecular weight excluding hydrogens is 423 g/mol. The number of aromatic nitrogens is 1. The third kappa shape index (κ3) is 3.99. The molecule has 4 aromatic rings. The number of alkyl halides is 3. The van der Waals surface area contributed by atoms with E-state index in [1.165, 1.54) is 19.2 Å². The maximum Gasteiger partial charge on any atom is 0.573 e. The number of fused-ring (bicyclic) bond motifs is 2. The number of halogens is 4. The van der Waals surface area contributed by atoms with Gasteiger partial charge in [-0.15, -0.1) is 13.2 Å². The van der Waals surface area contributed by atoms with E-state index in [9.17, 15) is 18.0 Å². The lowest BCUT2D eigenvalue weighted by atomic mass is 10.1. The van der Waals surface area contributed by atoms with E-state index in [4.69, 9.17) is 21.1 Å². The molecule has 3 aromatic carbocycles. The topological polar surface area (TPSA) is 60.6 Å². The molecule has 0 fully saturated rings. The van der Waals surface area contributed by atoms with Crippen LogP contribution in [0.1, 0.15) is 0 Å². The molecule has 0 amide bonds. The molecule has 5 nitrogen and oxygen atoms in total. The monoisotopic (exact) mass is 435 g/mol. The summed E-state index contributed by atoms with van der Waals surface area (Å²) in [5, 5.41) is 1.20. The first kappa shape index (κ1) is 19.9. The maximum absolute atomic E-state index is 12.9. The summed E-state index contributed by atoms with van der Waals surface area (Å²) >= 11 is 6.09. The lowest BCUT2D eigenvalue weighted by Crippen LogP contribution is -2.16. The van der Waals surface area contributed by atoms with Crippen molar-refractivity contribution in [1.29, 1.82) is 0 Å². The largest absolute Gasteiger partial charge is 0.573 e. The van der Waals surface area contributed by atoms with Crippen molar-refractivity contribution in [3.63, 3.8) is 0 Å². The van der Waals surface area contributed by atoms with E-state index in [1.54, 1.807) is 30.3 Å². The Morgan fingerprint density at radius 2 is 1.57 bits per heavy atom. The predicted molar refractivity (Wildman–Crippen MR) is 107 cm³/mol. The molecule has 1 aromatic heterocycles. The first-order valence-corrected chi connectivity index (χ1v) is 8.98. The van der Waals surface area contributed by atoms with Gasteiger partial charge in [0.15, 0.2) is 0 Å². The molecule has 0 atom stereocenters. The zero-order valence-corrected chi connectivity index (χ0v) is 16.1. The Labute approximate surface area is 172 Å². The van der Waals surface area contributed by atoms with Gasteiger partial charge in [-0.3, -0.25) is 4.79 Å². The van der Waals surface area contributed by atoms with Crippen LogP contribution < -0.4 is 19.6 Å². The van der Waals surface area contributed by atoms with Gasteiger partial charge in [0.05, 0.1) is 23.5 Å². The van der Waals surface area contributed by atoms with Crippen molar-refractivity contribution in [2.24, 2.45) is 0 Å². The average molecular weight is 436 g/mol. The number of hydrogen-bond acceptors (Lipinski definition) is 4. The van der Waals surface area contributed by atoms with E-state index in [0.717, 1.165) is 12.1 Å². The van der Waals surface area contributed by atoms with E-state index in [-0.39, 0.29) is 11.2 Å². The summed E-state index contributed by atoms with van der Waals surface area (Å²) in [5.74, 6) is 0.699. The highest BCUT2D eigenvalue weighted by Crippen LogP contribution is 2.31. The van der Waals surface area contributed by atoms with Gasteiger partial charge in [0.2, 0.25) is 5.43 Å². The van der Waals surface area contributed by atoms with Gasteiger partial charge in [-0.05, 0) is 48.5 Å². The molecule has 0 aliphatic heterocycles. The molecule has 0 radical (unpaired) electrons. The molecule has 0 spiro atoms. The van der Waals surface area contributed by atoms with E-state index >= 15 is 0 Å². The van der Waals surface area contributed by atoms with Crippen molar-refractivity contribution in [3.8, 4) is 23.0 Å². The summed E-state index contributed by atoms with van der Waals surface area (Å²) in [6.07, 6.45) is -4.76. The molecule has 0 saturated heterocycles. The molecule has 0 saturated carbocycles. The predicted octanol–water partition coefficient (Wildman–Crippen LogP) is 6.03. The van der Waals surface area contributed by atoms with Crippen molar-refractivity contribution >= 4 is 33.4 Å². The number of methoxy groups -OCH3 is 1. The standard InChI is InChI=1S/C21H13ClF3NO4/c1-28-18-9-11(22)8-17-19(18)20(27)15-7-6-14(10-16(15)26-17)29-12-2-4-13(5-3-12)30-21(23,24)25/h2-10H,1H3,(H,26,27). The zero-order chi connectivity index (χ0) is 21.5. The minimum Gasteiger partial charge on any atom is -0.496 e. The summed E-state index contributed by atoms with van der Waals surface area (Å²) in [6, 6.07) is 13.0. The fraction of sp³-hybridized carbons (Fsp3) is 0.0952. The van der Waals surface area contributed by atoms with Gasteiger partial charge < -0.3 is 19.2 Å². The summed E-state index contributed by atoms with van der Waals surface area (Å²) in [5.41, 5.74) is 0.779. The third-order valence-corrected chi connectivity index (χ3v) is 4.53. The molecule has 1 N–H and O–H groups in total. The summed E-state index contributed by atoms with van der Waals surface area (Å²) in [7, 11) is 1.46. The maximum atomic E-state index is 12.9. The number of nitrogens with one attached hydrogen (secondary N) is 1. The first-order chi connectivity index (χ1) is 14.2. The fourth-order valence-corrected chi connectivity index (χ4v) is 3.30. The number of H-pyrrole nitrogens is 1. The molecule has 9 heteroatoms. The van der Waals surface area contributed by atoms with E-state index in [2.05, 4.69) is 9.72 Å². The van der Waals surface area contributed by atoms with Crippen molar-refractivity contribution in [1.82, 2.24) is 4.98 Å². The quantitative estimate of drug-likeness (QED) is 0.397. The highest BCUT2D eigenvalue weighted by Gasteiger charge is 2.31. The van der Waals surface area contributed by atoms with Crippen LogP contribution in [-0.2, 0) is 0 Å². The summed E-state index contributed by atoms with van der Waals surface area (Å²) in [4.78, 5) is 16.0. The molecule has 4 rings (SSSR count). The van der Waals surface area contributed by atoms with E-state index < -0.39 is 6.36 Å². The van der Waals surface area contributed by atoms with Gasteiger partial charge in [0.25, 0.3) is 0 Å². The van der Waals surface area contributed by atoms with Gasteiger partial charge >= 0.3 is 6.36 Å². The Morgan fingerprint density at radius 1 is 0.900 bits per heavy atom. The number of pyridine rings is 1. The Balaban J connectivity index is 1.70. The van der Waals surface area contributed by atoms with Gasteiger partial charge in [-0.25, -0.2) is 0 Å². The Bertz CT molecular complexity index is 1300. The third-order valence-electron chi connectivity index (χ3n) is 4.31. The summed E-state index contributed by atoms with van der Waals surface area (Å²) < 4.78 is 51.5. The first-order valence-electron chi connectivity index (χ1n) is 8.60. The zero-order valence-electron chi connectivity index (χ0n) is 15.3. The van der Waals surface area contributed by atoms with Crippen LogP contribution >= 0.6 is 11.6 Å². The number of benzene rings is 3. The minimum atomic E-state index is -4.76. The van der Waals surface area contributed by atoms with Crippen LogP contribution in [0.3, 0.4) is 0 Å². The molecule has 154 valence electrons.